The van der Waals surface area contributed by atoms with Gasteiger partial charge in [-0.05, 0) is 49.4 Å². The predicted molar refractivity (Wildman–Crippen MR) is 117 cm³/mol. The van der Waals surface area contributed by atoms with Crippen LogP contribution in [-0.4, -0.2) is 36.2 Å². The van der Waals surface area contributed by atoms with Crippen molar-refractivity contribution < 1.29 is 8.42 Å². The normalized spacial score (nSPS) is 16.5. The van der Waals surface area contributed by atoms with Crippen LogP contribution < -0.4 is 4.31 Å². The Bertz CT molecular complexity index is 1220. The van der Waals surface area contributed by atoms with E-state index in [1.54, 1.807) is 11.2 Å². The molecule has 156 valence electrons. The third-order valence-corrected chi connectivity index (χ3v) is 8.32. The standard InChI is InChI=1S/C23H26N4O2S/c1-17-23(30(28,29)27-14-12-20-8-5-6-10-22(20)27)18(2)26(24-17)16-25-13-11-19-7-3-4-9-21(19)15-25/h3-10H,11-16H2,1-2H3. The van der Waals surface area contributed by atoms with E-state index in [2.05, 4.69) is 34.3 Å². The summed E-state index contributed by atoms with van der Waals surface area (Å²) in [4.78, 5) is 2.67. The SMILES string of the molecule is Cc1nn(CN2CCc3ccccc3C2)c(C)c1S(=O)(=O)N1CCc2ccccc21. The molecule has 3 heterocycles. The van der Waals surface area contributed by atoms with E-state index < -0.39 is 10.0 Å². The van der Waals surface area contributed by atoms with Crippen LogP contribution in [0.3, 0.4) is 0 Å². The molecule has 0 bridgehead atoms. The first-order valence-corrected chi connectivity index (χ1v) is 11.8. The van der Waals surface area contributed by atoms with Crippen molar-refractivity contribution in [3.05, 3.63) is 76.6 Å². The summed E-state index contributed by atoms with van der Waals surface area (Å²) in [6.45, 7) is 6.53. The van der Waals surface area contributed by atoms with Crippen LogP contribution in [0.1, 0.15) is 28.1 Å². The van der Waals surface area contributed by atoms with Gasteiger partial charge in [0.2, 0.25) is 0 Å². The fourth-order valence-electron chi connectivity index (χ4n) is 4.72. The van der Waals surface area contributed by atoms with Gasteiger partial charge in [-0.25, -0.2) is 8.42 Å². The number of para-hydroxylation sites is 1. The third kappa shape index (κ3) is 3.13. The molecule has 0 unspecified atom stereocenters. The third-order valence-electron chi connectivity index (χ3n) is 6.25. The molecule has 2 aliphatic heterocycles. The lowest BCUT2D eigenvalue weighted by Crippen LogP contribution is -2.33. The average molecular weight is 423 g/mol. The second-order valence-corrected chi connectivity index (χ2v) is 9.97. The fraction of sp³-hybridized carbons (Fsp3) is 0.348. The number of sulfonamides is 1. The van der Waals surface area contributed by atoms with Crippen molar-refractivity contribution in [2.45, 2.75) is 44.8 Å². The Morgan fingerprint density at radius 1 is 0.900 bits per heavy atom. The number of rotatable bonds is 4. The Hall–Kier alpha value is -2.64. The van der Waals surface area contributed by atoms with Crippen LogP contribution in [0.25, 0.3) is 0 Å². The number of anilines is 1. The van der Waals surface area contributed by atoms with E-state index in [1.807, 2.05) is 35.9 Å². The van der Waals surface area contributed by atoms with Crippen molar-refractivity contribution >= 4 is 15.7 Å². The van der Waals surface area contributed by atoms with E-state index in [0.717, 1.165) is 37.2 Å². The van der Waals surface area contributed by atoms with Gasteiger partial charge in [0.05, 0.1) is 23.7 Å². The highest BCUT2D eigenvalue weighted by Crippen LogP contribution is 2.34. The molecular formula is C23H26N4O2S. The van der Waals surface area contributed by atoms with Crippen LogP contribution in [0.15, 0.2) is 53.4 Å². The number of aryl methyl sites for hydroxylation is 1. The van der Waals surface area contributed by atoms with Gasteiger partial charge >= 0.3 is 0 Å². The molecule has 0 spiro atoms. The van der Waals surface area contributed by atoms with Crippen LogP contribution in [0.4, 0.5) is 5.69 Å². The molecule has 1 aromatic heterocycles. The Morgan fingerprint density at radius 2 is 1.57 bits per heavy atom. The molecule has 3 aromatic rings. The number of aromatic nitrogens is 2. The molecule has 0 atom stereocenters. The van der Waals surface area contributed by atoms with Gasteiger partial charge in [0.15, 0.2) is 0 Å². The van der Waals surface area contributed by atoms with E-state index in [9.17, 15) is 8.42 Å². The molecule has 0 aliphatic carbocycles. The highest BCUT2D eigenvalue weighted by molar-refractivity contribution is 7.93. The number of nitrogens with zero attached hydrogens (tertiary/aromatic N) is 4. The first-order valence-electron chi connectivity index (χ1n) is 10.4. The molecule has 30 heavy (non-hydrogen) atoms. The van der Waals surface area contributed by atoms with Crippen LogP contribution in [0.2, 0.25) is 0 Å². The summed E-state index contributed by atoms with van der Waals surface area (Å²) in [7, 11) is -3.65. The smallest absolute Gasteiger partial charge is 0.268 e. The van der Waals surface area contributed by atoms with E-state index in [-0.39, 0.29) is 0 Å². The van der Waals surface area contributed by atoms with Gasteiger partial charge in [-0.1, -0.05) is 42.5 Å². The summed E-state index contributed by atoms with van der Waals surface area (Å²) < 4.78 is 30.5. The van der Waals surface area contributed by atoms with Crippen molar-refractivity contribution in [3.63, 3.8) is 0 Å². The Morgan fingerprint density at radius 3 is 2.37 bits per heavy atom. The molecule has 2 aliphatic rings. The van der Waals surface area contributed by atoms with Crippen LogP contribution in [0.5, 0.6) is 0 Å². The first-order chi connectivity index (χ1) is 14.4. The lowest BCUT2D eigenvalue weighted by molar-refractivity contribution is 0.187. The molecule has 0 amide bonds. The Kier molecular flexibility index (Phi) is 4.67. The van der Waals surface area contributed by atoms with Crippen LogP contribution >= 0.6 is 0 Å². The molecule has 0 saturated carbocycles. The summed E-state index contributed by atoms with van der Waals surface area (Å²) in [5, 5.41) is 4.62. The van der Waals surface area contributed by atoms with Gasteiger partial charge in [-0.3, -0.25) is 13.9 Å². The monoisotopic (exact) mass is 422 g/mol. The van der Waals surface area contributed by atoms with Gasteiger partial charge in [0, 0.05) is 19.6 Å². The van der Waals surface area contributed by atoms with E-state index in [4.69, 9.17) is 0 Å². The maximum Gasteiger partial charge on any atom is 0.268 e. The molecule has 7 heteroatoms. The first kappa shape index (κ1) is 19.3. The highest BCUT2D eigenvalue weighted by Gasteiger charge is 2.35. The number of hydrogen-bond acceptors (Lipinski definition) is 4. The molecule has 6 nitrogen and oxygen atoms in total. The van der Waals surface area contributed by atoms with Gasteiger partial charge < -0.3 is 0 Å². The van der Waals surface area contributed by atoms with E-state index >= 15 is 0 Å². The summed E-state index contributed by atoms with van der Waals surface area (Å²) in [6, 6.07) is 16.3. The molecular weight excluding hydrogens is 396 g/mol. The summed E-state index contributed by atoms with van der Waals surface area (Å²) in [5.41, 5.74) is 5.88. The zero-order chi connectivity index (χ0) is 20.9. The predicted octanol–water partition coefficient (Wildman–Crippen LogP) is 3.27. The number of benzene rings is 2. The van der Waals surface area contributed by atoms with Gasteiger partial charge in [-0.2, -0.15) is 5.10 Å². The molecule has 5 rings (SSSR count). The lowest BCUT2D eigenvalue weighted by Gasteiger charge is -2.29. The van der Waals surface area contributed by atoms with Crippen LogP contribution in [0, 0.1) is 13.8 Å². The Labute approximate surface area is 177 Å². The minimum absolute atomic E-state index is 0.344. The quantitative estimate of drug-likeness (QED) is 0.648. The van der Waals surface area contributed by atoms with Crippen molar-refractivity contribution in [2.24, 2.45) is 0 Å². The summed E-state index contributed by atoms with van der Waals surface area (Å²) in [5.74, 6) is 0. The van der Waals surface area contributed by atoms with E-state index in [1.165, 1.54) is 11.1 Å². The molecule has 0 radical (unpaired) electrons. The van der Waals surface area contributed by atoms with Gasteiger partial charge in [-0.15, -0.1) is 0 Å². The van der Waals surface area contributed by atoms with Crippen molar-refractivity contribution in [1.29, 1.82) is 0 Å². The maximum atomic E-state index is 13.6. The minimum atomic E-state index is -3.65. The lowest BCUT2D eigenvalue weighted by atomic mass is 10.0. The summed E-state index contributed by atoms with van der Waals surface area (Å²) in [6.07, 6.45) is 1.75. The molecule has 0 saturated heterocycles. The zero-order valence-electron chi connectivity index (χ0n) is 17.4. The molecule has 2 aromatic carbocycles. The topological polar surface area (TPSA) is 58.4 Å². The van der Waals surface area contributed by atoms with Crippen molar-refractivity contribution in [2.75, 3.05) is 17.4 Å². The second-order valence-electron chi connectivity index (χ2n) is 8.17. The van der Waals surface area contributed by atoms with Crippen molar-refractivity contribution in [1.82, 2.24) is 14.7 Å². The fourth-order valence-corrected chi connectivity index (χ4v) is 6.61. The van der Waals surface area contributed by atoms with Crippen LogP contribution in [-0.2, 0) is 36.1 Å². The Balaban J connectivity index is 1.43. The van der Waals surface area contributed by atoms with Crippen molar-refractivity contribution in [3.8, 4) is 0 Å². The minimum Gasteiger partial charge on any atom is -0.280 e. The maximum absolute atomic E-state index is 13.6. The average Bonchev–Trinajstić information content (AvgIpc) is 3.29. The number of hydrogen-bond donors (Lipinski definition) is 0. The molecule has 0 N–H and O–H groups in total. The van der Waals surface area contributed by atoms with E-state index in [0.29, 0.717) is 29.5 Å². The largest absolute Gasteiger partial charge is 0.280 e. The van der Waals surface area contributed by atoms with Gasteiger partial charge in [0.1, 0.15) is 4.90 Å². The second kappa shape index (κ2) is 7.25. The van der Waals surface area contributed by atoms with Gasteiger partial charge in [0.25, 0.3) is 10.0 Å². The molecule has 0 fully saturated rings. The highest BCUT2D eigenvalue weighted by atomic mass is 32.2. The number of fused-ring (bicyclic) bond motifs is 2. The zero-order valence-corrected chi connectivity index (χ0v) is 18.2. The summed E-state index contributed by atoms with van der Waals surface area (Å²) >= 11 is 0.